The van der Waals surface area contributed by atoms with Crippen LogP contribution in [0, 0.1) is 11.3 Å². The smallest absolute Gasteiger partial charge is 0.0991 e. The van der Waals surface area contributed by atoms with Gasteiger partial charge in [-0.2, -0.15) is 5.26 Å². The third-order valence-electron chi connectivity index (χ3n) is 4.15. The number of nitrogens with zero attached hydrogens (tertiary/aromatic N) is 2. The number of anilines is 1. The Morgan fingerprint density at radius 3 is 1.95 bits per heavy atom. The van der Waals surface area contributed by atoms with Crippen molar-refractivity contribution in [3.63, 3.8) is 0 Å². The summed E-state index contributed by atoms with van der Waals surface area (Å²) in [7, 11) is 0. The number of benzene rings is 2. The highest BCUT2D eigenvalue weighted by molar-refractivity contribution is 5.48. The molecule has 3 heteroatoms. The third-order valence-corrected chi connectivity index (χ3v) is 4.15. The van der Waals surface area contributed by atoms with Gasteiger partial charge in [-0.25, -0.2) is 0 Å². The number of hydrogen-bond donors (Lipinski definition) is 1. The Labute approximate surface area is 132 Å². The molecule has 1 N–H and O–H groups in total. The quantitative estimate of drug-likeness (QED) is 0.917. The molecule has 1 aliphatic heterocycles. The van der Waals surface area contributed by atoms with Crippen molar-refractivity contribution in [2.24, 2.45) is 0 Å². The van der Waals surface area contributed by atoms with Crippen molar-refractivity contribution in [3.8, 4) is 6.07 Å². The summed E-state index contributed by atoms with van der Waals surface area (Å²) in [6, 6.07) is 18.7. The van der Waals surface area contributed by atoms with Crippen LogP contribution in [0.2, 0.25) is 0 Å². The Kier molecular flexibility index (Phi) is 4.72. The van der Waals surface area contributed by atoms with Gasteiger partial charge in [0.15, 0.2) is 0 Å². The molecule has 0 aromatic heterocycles. The second kappa shape index (κ2) is 7.11. The largest absolute Gasteiger partial charge is 0.372 e. The molecule has 112 valence electrons. The fourth-order valence-electron chi connectivity index (χ4n) is 2.85. The van der Waals surface area contributed by atoms with Crippen molar-refractivity contribution in [3.05, 3.63) is 65.2 Å². The second-order valence-electron chi connectivity index (χ2n) is 5.77. The average molecular weight is 291 g/mol. The van der Waals surface area contributed by atoms with Gasteiger partial charge in [0.1, 0.15) is 0 Å². The highest BCUT2D eigenvalue weighted by atomic mass is 15.1. The van der Waals surface area contributed by atoms with Crippen molar-refractivity contribution < 1.29 is 0 Å². The molecule has 22 heavy (non-hydrogen) atoms. The fraction of sp³-hybridized carbons (Fsp3) is 0.316. The SMILES string of the molecule is N#Cc1ccc(CNCc2ccc(N3CCCC3)cc2)cc1. The van der Waals surface area contributed by atoms with Gasteiger partial charge >= 0.3 is 0 Å². The van der Waals surface area contributed by atoms with Gasteiger partial charge in [-0.3, -0.25) is 0 Å². The molecule has 2 aromatic rings. The first kappa shape index (κ1) is 14.6. The van der Waals surface area contributed by atoms with E-state index in [9.17, 15) is 0 Å². The maximum Gasteiger partial charge on any atom is 0.0991 e. The van der Waals surface area contributed by atoms with Crippen molar-refractivity contribution in [1.82, 2.24) is 5.32 Å². The van der Waals surface area contributed by atoms with Gasteiger partial charge in [-0.15, -0.1) is 0 Å². The first-order chi connectivity index (χ1) is 10.8. The molecule has 0 spiro atoms. The van der Waals surface area contributed by atoms with E-state index in [1.54, 1.807) is 0 Å². The van der Waals surface area contributed by atoms with E-state index in [0.717, 1.165) is 13.1 Å². The molecule has 0 saturated carbocycles. The van der Waals surface area contributed by atoms with Crippen LogP contribution in [0.25, 0.3) is 0 Å². The van der Waals surface area contributed by atoms with Crippen LogP contribution in [0.5, 0.6) is 0 Å². The topological polar surface area (TPSA) is 39.1 Å². The molecular weight excluding hydrogens is 270 g/mol. The molecule has 1 saturated heterocycles. The molecule has 1 aliphatic rings. The highest BCUT2D eigenvalue weighted by Gasteiger charge is 2.11. The number of nitrogens with one attached hydrogen (secondary N) is 1. The number of rotatable bonds is 5. The van der Waals surface area contributed by atoms with Gasteiger partial charge < -0.3 is 10.2 Å². The molecule has 1 heterocycles. The van der Waals surface area contributed by atoms with Crippen LogP contribution in [-0.2, 0) is 13.1 Å². The summed E-state index contributed by atoms with van der Waals surface area (Å²) in [5.41, 5.74) is 4.55. The Hall–Kier alpha value is -2.31. The van der Waals surface area contributed by atoms with E-state index in [-0.39, 0.29) is 0 Å². The Bertz CT molecular complexity index is 632. The summed E-state index contributed by atoms with van der Waals surface area (Å²) >= 11 is 0. The van der Waals surface area contributed by atoms with E-state index in [1.807, 2.05) is 24.3 Å². The molecule has 3 rings (SSSR count). The standard InChI is InChI=1S/C19H21N3/c20-13-16-3-5-17(6-4-16)14-21-15-18-7-9-19(10-8-18)22-11-1-2-12-22/h3-10,21H,1-2,11-12,14-15H2. The van der Waals surface area contributed by atoms with Gasteiger partial charge in [0.25, 0.3) is 0 Å². The van der Waals surface area contributed by atoms with Gasteiger partial charge in [-0.05, 0) is 48.2 Å². The van der Waals surface area contributed by atoms with E-state index < -0.39 is 0 Å². The highest BCUT2D eigenvalue weighted by Crippen LogP contribution is 2.20. The van der Waals surface area contributed by atoms with Crippen LogP contribution in [0.3, 0.4) is 0 Å². The molecule has 0 bridgehead atoms. The van der Waals surface area contributed by atoms with E-state index in [0.29, 0.717) is 5.56 Å². The van der Waals surface area contributed by atoms with Gasteiger partial charge in [-0.1, -0.05) is 24.3 Å². The first-order valence-electron chi connectivity index (χ1n) is 7.89. The summed E-state index contributed by atoms with van der Waals surface area (Å²) in [6.45, 7) is 4.06. The zero-order valence-electron chi connectivity index (χ0n) is 12.8. The molecule has 0 unspecified atom stereocenters. The summed E-state index contributed by atoms with van der Waals surface area (Å²) in [6.07, 6.45) is 2.63. The van der Waals surface area contributed by atoms with Crippen molar-refractivity contribution in [2.45, 2.75) is 25.9 Å². The lowest BCUT2D eigenvalue weighted by atomic mass is 10.1. The molecule has 0 amide bonds. The molecule has 0 radical (unpaired) electrons. The molecular formula is C19H21N3. The maximum absolute atomic E-state index is 8.79. The van der Waals surface area contributed by atoms with Crippen molar-refractivity contribution >= 4 is 5.69 Å². The normalized spacial score (nSPS) is 14.0. The Morgan fingerprint density at radius 1 is 0.864 bits per heavy atom. The fourth-order valence-corrected chi connectivity index (χ4v) is 2.85. The third kappa shape index (κ3) is 3.66. The van der Waals surface area contributed by atoms with Gasteiger partial charge in [0.2, 0.25) is 0 Å². The molecule has 0 aliphatic carbocycles. The molecule has 2 aromatic carbocycles. The summed E-state index contributed by atoms with van der Waals surface area (Å²) in [5.74, 6) is 0. The number of nitriles is 1. The predicted octanol–water partition coefficient (Wildman–Crippen LogP) is 3.45. The summed E-state index contributed by atoms with van der Waals surface area (Å²) in [4.78, 5) is 2.45. The minimum absolute atomic E-state index is 0.709. The predicted molar refractivity (Wildman–Crippen MR) is 89.6 cm³/mol. The van der Waals surface area contributed by atoms with Crippen LogP contribution in [0.4, 0.5) is 5.69 Å². The van der Waals surface area contributed by atoms with E-state index in [2.05, 4.69) is 40.6 Å². The van der Waals surface area contributed by atoms with E-state index >= 15 is 0 Å². The second-order valence-corrected chi connectivity index (χ2v) is 5.77. The maximum atomic E-state index is 8.79. The zero-order chi connectivity index (χ0) is 15.2. The lowest BCUT2D eigenvalue weighted by Crippen LogP contribution is -2.17. The minimum Gasteiger partial charge on any atom is -0.372 e. The van der Waals surface area contributed by atoms with E-state index in [1.165, 1.54) is 42.7 Å². The lowest BCUT2D eigenvalue weighted by molar-refractivity contribution is 0.693. The summed E-state index contributed by atoms with van der Waals surface area (Å²) in [5, 5.41) is 12.2. The monoisotopic (exact) mass is 291 g/mol. The zero-order valence-corrected chi connectivity index (χ0v) is 12.8. The molecule has 1 fully saturated rings. The van der Waals surface area contributed by atoms with Crippen molar-refractivity contribution in [2.75, 3.05) is 18.0 Å². The van der Waals surface area contributed by atoms with E-state index in [4.69, 9.17) is 5.26 Å². The lowest BCUT2D eigenvalue weighted by Gasteiger charge is -2.17. The first-order valence-corrected chi connectivity index (χ1v) is 7.89. The van der Waals surface area contributed by atoms with Crippen LogP contribution < -0.4 is 10.2 Å². The van der Waals surface area contributed by atoms with Crippen LogP contribution in [0.15, 0.2) is 48.5 Å². The molecule has 3 nitrogen and oxygen atoms in total. The Morgan fingerprint density at radius 2 is 1.41 bits per heavy atom. The van der Waals surface area contributed by atoms with Crippen LogP contribution in [0.1, 0.15) is 29.5 Å². The van der Waals surface area contributed by atoms with Crippen molar-refractivity contribution in [1.29, 1.82) is 5.26 Å². The summed E-state index contributed by atoms with van der Waals surface area (Å²) < 4.78 is 0. The Balaban J connectivity index is 1.49. The average Bonchev–Trinajstić information content (AvgIpc) is 3.11. The molecule has 0 atom stereocenters. The minimum atomic E-state index is 0.709. The van der Waals surface area contributed by atoms with Gasteiger partial charge in [0.05, 0.1) is 11.6 Å². The number of hydrogen-bond acceptors (Lipinski definition) is 3. The van der Waals surface area contributed by atoms with Crippen LogP contribution >= 0.6 is 0 Å². The van der Waals surface area contributed by atoms with Crippen LogP contribution in [-0.4, -0.2) is 13.1 Å². The van der Waals surface area contributed by atoms with Gasteiger partial charge in [0, 0.05) is 31.9 Å².